The van der Waals surface area contributed by atoms with E-state index in [1.54, 1.807) is 4.68 Å². The largest absolute Gasteiger partial charge is 0.367 e. The maximum atomic E-state index is 12.7. The highest BCUT2D eigenvalue weighted by atomic mass is 16.2. The number of aromatic nitrogens is 4. The fourth-order valence-electron chi connectivity index (χ4n) is 3.79. The summed E-state index contributed by atoms with van der Waals surface area (Å²) in [4.78, 5) is 25.7. The number of piperazine rings is 1. The maximum Gasteiger partial charge on any atom is 0.244 e. The van der Waals surface area contributed by atoms with E-state index in [0.29, 0.717) is 19.6 Å². The van der Waals surface area contributed by atoms with Gasteiger partial charge in [-0.3, -0.25) is 9.48 Å². The van der Waals surface area contributed by atoms with Gasteiger partial charge in [-0.2, -0.15) is 5.10 Å². The quantitative estimate of drug-likeness (QED) is 0.685. The predicted octanol–water partition coefficient (Wildman–Crippen LogP) is 2.61. The van der Waals surface area contributed by atoms with Crippen LogP contribution in [-0.2, 0) is 11.3 Å². The first-order chi connectivity index (χ1) is 14.0. The minimum absolute atomic E-state index is 0.121. The van der Waals surface area contributed by atoms with Crippen molar-refractivity contribution in [3.05, 3.63) is 59.9 Å². The standard InChI is InChI=1S/C22H26N6O/c1-16-12-17(2)28(25-16)15-22(29)27-10-8-26(9-11-27)21-7-5-4-6-20(21)19-13-23-18(3)24-14-19/h4-7,12-14H,8-11,15H2,1-3H3. The van der Waals surface area contributed by atoms with Crippen molar-refractivity contribution in [2.45, 2.75) is 27.3 Å². The van der Waals surface area contributed by atoms with E-state index in [-0.39, 0.29) is 5.91 Å². The summed E-state index contributed by atoms with van der Waals surface area (Å²) in [6.45, 7) is 9.13. The Labute approximate surface area is 171 Å². The molecule has 3 heterocycles. The molecule has 0 aliphatic carbocycles. The summed E-state index contributed by atoms with van der Waals surface area (Å²) in [5, 5.41) is 4.41. The molecule has 150 valence electrons. The molecule has 0 saturated carbocycles. The van der Waals surface area contributed by atoms with Crippen molar-refractivity contribution < 1.29 is 4.79 Å². The first-order valence-corrected chi connectivity index (χ1v) is 9.93. The molecule has 1 aliphatic rings. The van der Waals surface area contributed by atoms with E-state index in [1.165, 1.54) is 0 Å². The van der Waals surface area contributed by atoms with Crippen LogP contribution in [0, 0.1) is 20.8 Å². The van der Waals surface area contributed by atoms with Crippen molar-refractivity contribution >= 4 is 11.6 Å². The van der Waals surface area contributed by atoms with Crippen LogP contribution in [0.1, 0.15) is 17.2 Å². The van der Waals surface area contributed by atoms with Gasteiger partial charge in [-0.05, 0) is 32.9 Å². The van der Waals surface area contributed by atoms with Crippen molar-refractivity contribution in [1.29, 1.82) is 0 Å². The third-order valence-electron chi connectivity index (χ3n) is 5.36. The first kappa shape index (κ1) is 19.1. The third-order valence-corrected chi connectivity index (χ3v) is 5.36. The lowest BCUT2D eigenvalue weighted by Gasteiger charge is -2.37. The lowest BCUT2D eigenvalue weighted by molar-refractivity contribution is -0.132. The zero-order valence-corrected chi connectivity index (χ0v) is 17.2. The number of hydrogen-bond donors (Lipinski definition) is 0. The van der Waals surface area contributed by atoms with Gasteiger partial charge in [0.2, 0.25) is 5.91 Å². The summed E-state index contributed by atoms with van der Waals surface area (Å²) >= 11 is 0. The molecule has 0 radical (unpaired) electrons. The molecule has 1 fully saturated rings. The van der Waals surface area contributed by atoms with Gasteiger partial charge in [0, 0.05) is 61.1 Å². The van der Waals surface area contributed by atoms with Crippen LogP contribution in [-0.4, -0.2) is 56.7 Å². The van der Waals surface area contributed by atoms with Crippen LogP contribution in [0.25, 0.3) is 11.1 Å². The van der Waals surface area contributed by atoms with Crippen molar-refractivity contribution in [3.8, 4) is 11.1 Å². The third kappa shape index (κ3) is 4.13. The second-order valence-corrected chi connectivity index (χ2v) is 7.49. The Morgan fingerprint density at radius 3 is 2.34 bits per heavy atom. The molecule has 0 bridgehead atoms. The van der Waals surface area contributed by atoms with Crippen LogP contribution in [0.2, 0.25) is 0 Å². The molecule has 0 atom stereocenters. The lowest BCUT2D eigenvalue weighted by atomic mass is 10.1. The van der Waals surface area contributed by atoms with Gasteiger partial charge < -0.3 is 9.80 Å². The van der Waals surface area contributed by atoms with Crippen LogP contribution in [0.4, 0.5) is 5.69 Å². The number of nitrogens with zero attached hydrogens (tertiary/aromatic N) is 6. The summed E-state index contributed by atoms with van der Waals surface area (Å²) in [7, 11) is 0. The molecule has 1 aliphatic heterocycles. The highest BCUT2D eigenvalue weighted by Gasteiger charge is 2.23. The van der Waals surface area contributed by atoms with Gasteiger partial charge in [-0.15, -0.1) is 0 Å². The van der Waals surface area contributed by atoms with Gasteiger partial charge in [-0.1, -0.05) is 18.2 Å². The molecule has 1 saturated heterocycles. The molecular weight excluding hydrogens is 364 g/mol. The summed E-state index contributed by atoms with van der Waals surface area (Å²) in [5.74, 6) is 0.886. The molecule has 2 aromatic heterocycles. The Kier molecular flexibility index (Phi) is 5.29. The number of anilines is 1. The molecule has 4 rings (SSSR count). The number of hydrogen-bond acceptors (Lipinski definition) is 5. The summed E-state index contributed by atoms with van der Waals surface area (Å²) in [6.07, 6.45) is 3.74. The molecule has 0 N–H and O–H groups in total. The highest BCUT2D eigenvalue weighted by molar-refractivity contribution is 5.79. The lowest BCUT2D eigenvalue weighted by Crippen LogP contribution is -2.49. The van der Waals surface area contributed by atoms with Crippen LogP contribution in [0.3, 0.4) is 0 Å². The Balaban J connectivity index is 1.44. The monoisotopic (exact) mass is 390 g/mol. The molecule has 0 spiro atoms. The van der Waals surface area contributed by atoms with Crippen molar-refractivity contribution in [2.75, 3.05) is 31.1 Å². The van der Waals surface area contributed by atoms with E-state index in [1.807, 2.05) is 56.3 Å². The smallest absolute Gasteiger partial charge is 0.244 e. The van der Waals surface area contributed by atoms with Gasteiger partial charge in [0.15, 0.2) is 0 Å². The predicted molar refractivity (Wildman–Crippen MR) is 113 cm³/mol. The average molecular weight is 390 g/mol. The van der Waals surface area contributed by atoms with E-state index < -0.39 is 0 Å². The van der Waals surface area contributed by atoms with E-state index >= 15 is 0 Å². The van der Waals surface area contributed by atoms with Crippen LogP contribution in [0.15, 0.2) is 42.7 Å². The Bertz CT molecular complexity index is 1000. The number of rotatable bonds is 4. The van der Waals surface area contributed by atoms with Gasteiger partial charge in [-0.25, -0.2) is 9.97 Å². The van der Waals surface area contributed by atoms with E-state index in [0.717, 1.165) is 47.1 Å². The van der Waals surface area contributed by atoms with Gasteiger partial charge in [0.05, 0.1) is 5.69 Å². The van der Waals surface area contributed by atoms with Crippen LogP contribution in [0.5, 0.6) is 0 Å². The second-order valence-electron chi connectivity index (χ2n) is 7.49. The second kappa shape index (κ2) is 8.03. The van der Waals surface area contributed by atoms with Gasteiger partial charge >= 0.3 is 0 Å². The number of aryl methyl sites for hydroxylation is 3. The van der Waals surface area contributed by atoms with Crippen molar-refractivity contribution in [3.63, 3.8) is 0 Å². The van der Waals surface area contributed by atoms with Gasteiger partial charge in [0.25, 0.3) is 0 Å². The van der Waals surface area contributed by atoms with Gasteiger partial charge in [0.1, 0.15) is 12.4 Å². The zero-order chi connectivity index (χ0) is 20.4. The summed E-state index contributed by atoms with van der Waals surface area (Å²) in [6, 6.07) is 10.3. The fourth-order valence-corrected chi connectivity index (χ4v) is 3.79. The molecule has 1 aromatic carbocycles. The van der Waals surface area contributed by atoms with Crippen LogP contribution >= 0.6 is 0 Å². The number of para-hydroxylation sites is 1. The number of benzene rings is 1. The maximum absolute atomic E-state index is 12.7. The molecule has 1 amide bonds. The SMILES string of the molecule is Cc1cc(C)n(CC(=O)N2CCN(c3ccccc3-c3cnc(C)nc3)CC2)n1. The van der Waals surface area contributed by atoms with Crippen LogP contribution < -0.4 is 4.90 Å². The fraction of sp³-hybridized carbons (Fsp3) is 0.364. The molecule has 29 heavy (non-hydrogen) atoms. The van der Waals surface area contributed by atoms with Crippen molar-refractivity contribution in [2.24, 2.45) is 0 Å². The van der Waals surface area contributed by atoms with E-state index in [9.17, 15) is 4.79 Å². The minimum Gasteiger partial charge on any atom is -0.367 e. The number of amides is 1. The van der Waals surface area contributed by atoms with E-state index in [2.05, 4.69) is 32.1 Å². The Hall–Kier alpha value is -3.22. The molecule has 7 nitrogen and oxygen atoms in total. The highest BCUT2D eigenvalue weighted by Crippen LogP contribution is 2.30. The number of carbonyl (C=O) groups is 1. The first-order valence-electron chi connectivity index (χ1n) is 9.93. The summed E-state index contributed by atoms with van der Waals surface area (Å²) in [5.41, 5.74) is 5.25. The number of carbonyl (C=O) groups excluding carboxylic acids is 1. The molecule has 0 unspecified atom stereocenters. The van der Waals surface area contributed by atoms with Crippen molar-refractivity contribution in [1.82, 2.24) is 24.6 Å². The minimum atomic E-state index is 0.121. The summed E-state index contributed by atoms with van der Waals surface area (Å²) < 4.78 is 1.79. The average Bonchev–Trinajstić information content (AvgIpc) is 3.05. The molecular formula is C22H26N6O. The normalized spacial score (nSPS) is 14.3. The molecule has 7 heteroatoms. The van der Waals surface area contributed by atoms with E-state index in [4.69, 9.17) is 0 Å². The molecule has 3 aromatic rings. The Morgan fingerprint density at radius 2 is 1.69 bits per heavy atom. The zero-order valence-electron chi connectivity index (χ0n) is 17.2. The Morgan fingerprint density at radius 1 is 1.00 bits per heavy atom. The topological polar surface area (TPSA) is 67.2 Å².